The zero-order valence-corrected chi connectivity index (χ0v) is 16.6. The molecule has 2 aromatic carbocycles. The molecule has 0 aromatic heterocycles. The Morgan fingerprint density at radius 2 is 1.96 bits per heavy atom. The van der Waals surface area contributed by atoms with Crippen LogP contribution < -0.4 is 4.74 Å². The number of rotatable bonds is 7. The third kappa shape index (κ3) is 5.61. The highest BCUT2D eigenvalue weighted by molar-refractivity contribution is 9.12. The fraction of sp³-hybridized carbons (Fsp3) is 0.158. The van der Waals surface area contributed by atoms with Gasteiger partial charge in [-0.1, -0.05) is 53.2 Å². The van der Waals surface area contributed by atoms with E-state index >= 15 is 0 Å². The van der Waals surface area contributed by atoms with Crippen molar-refractivity contribution in [1.29, 1.82) is 0 Å². The highest BCUT2D eigenvalue weighted by Crippen LogP contribution is 2.21. The summed E-state index contributed by atoms with van der Waals surface area (Å²) in [7, 11) is 2.66. The zero-order chi connectivity index (χ0) is 18.9. The van der Waals surface area contributed by atoms with Gasteiger partial charge in [0, 0.05) is 5.56 Å². The van der Waals surface area contributed by atoms with E-state index in [1.165, 1.54) is 14.2 Å². The summed E-state index contributed by atoms with van der Waals surface area (Å²) in [4.78, 5) is 16.8. The summed E-state index contributed by atoms with van der Waals surface area (Å²) in [5.41, 5.74) is 2.33. The number of methoxy groups -OCH3 is 1. The fourth-order valence-corrected chi connectivity index (χ4v) is 2.63. The van der Waals surface area contributed by atoms with Gasteiger partial charge in [0.2, 0.25) is 0 Å². The van der Waals surface area contributed by atoms with E-state index in [9.17, 15) is 4.79 Å². The molecule has 0 saturated heterocycles. The smallest absolute Gasteiger partial charge is 0.360 e. The Kier molecular flexibility index (Phi) is 7.69. The third-order valence-electron chi connectivity index (χ3n) is 3.36. The van der Waals surface area contributed by atoms with Gasteiger partial charge in [-0.15, -0.1) is 0 Å². The van der Waals surface area contributed by atoms with Crippen LogP contribution in [0.5, 0.6) is 5.75 Å². The van der Waals surface area contributed by atoms with E-state index in [4.69, 9.17) is 25.9 Å². The summed E-state index contributed by atoms with van der Waals surface area (Å²) >= 11 is 9.02. The molecule has 0 unspecified atom stereocenters. The fourth-order valence-electron chi connectivity index (χ4n) is 2.24. The Morgan fingerprint density at radius 3 is 2.65 bits per heavy atom. The first-order valence-electron chi connectivity index (χ1n) is 7.58. The van der Waals surface area contributed by atoms with Crippen LogP contribution in [0.1, 0.15) is 16.7 Å². The van der Waals surface area contributed by atoms with Crippen molar-refractivity contribution in [2.45, 2.75) is 6.61 Å². The Balaban J connectivity index is 2.25. The average Bonchev–Trinajstić information content (AvgIpc) is 2.64. The maximum atomic E-state index is 12.0. The molecule has 0 aliphatic carbocycles. The topological polar surface area (TPSA) is 57.1 Å². The molecule has 26 heavy (non-hydrogen) atoms. The summed E-state index contributed by atoms with van der Waals surface area (Å²) < 4.78 is 11.1. The van der Waals surface area contributed by atoms with E-state index in [0.717, 1.165) is 11.1 Å². The van der Waals surface area contributed by atoms with Crippen molar-refractivity contribution in [1.82, 2.24) is 0 Å². The SMILES string of the molecule is CON=C(C(=O)OC)c1ccccc1COc1cccc(C=C(Cl)Br)c1. The van der Waals surface area contributed by atoms with Gasteiger partial charge in [-0.25, -0.2) is 4.79 Å². The normalized spacial score (nSPS) is 11.8. The Labute approximate surface area is 165 Å². The summed E-state index contributed by atoms with van der Waals surface area (Å²) in [6, 6.07) is 14.7. The number of halogens is 2. The second-order valence-corrected chi connectivity index (χ2v) is 6.78. The van der Waals surface area contributed by atoms with Crippen molar-refractivity contribution < 1.29 is 19.1 Å². The molecular weight excluding hydrogens is 422 g/mol. The molecule has 5 nitrogen and oxygen atoms in total. The maximum Gasteiger partial charge on any atom is 0.360 e. The molecule has 0 fully saturated rings. The number of benzene rings is 2. The van der Waals surface area contributed by atoms with Crippen LogP contribution in [0.25, 0.3) is 6.08 Å². The molecule has 136 valence electrons. The van der Waals surface area contributed by atoms with Crippen molar-refractivity contribution in [2.75, 3.05) is 14.2 Å². The number of hydrogen-bond acceptors (Lipinski definition) is 5. The Morgan fingerprint density at radius 1 is 1.19 bits per heavy atom. The van der Waals surface area contributed by atoms with Crippen molar-refractivity contribution >= 4 is 45.3 Å². The minimum absolute atomic E-state index is 0.0805. The van der Waals surface area contributed by atoms with Gasteiger partial charge < -0.3 is 14.3 Å². The van der Waals surface area contributed by atoms with Crippen LogP contribution in [0.3, 0.4) is 0 Å². The van der Waals surface area contributed by atoms with Crippen LogP contribution in [-0.2, 0) is 21.0 Å². The Hall–Kier alpha value is -2.31. The number of ether oxygens (including phenoxy) is 2. The predicted molar refractivity (Wildman–Crippen MR) is 106 cm³/mol. The van der Waals surface area contributed by atoms with E-state index in [1.54, 1.807) is 18.2 Å². The van der Waals surface area contributed by atoms with Crippen LogP contribution in [0.2, 0.25) is 0 Å². The number of nitrogens with zero attached hydrogens (tertiary/aromatic N) is 1. The molecule has 0 radical (unpaired) electrons. The van der Waals surface area contributed by atoms with Crippen LogP contribution >= 0.6 is 27.5 Å². The van der Waals surface area contributed by atoms with E-state index in [-0.39, 0.29) is 12.3 Å². The maximum absolute atomic E-state index is 12.0. The molecule has 0 spiro atoms. The summed E-state index contributed by atoms with van der Waals surface area (Å²) in [5, 5.41) is 3.79. The third-order valence-corrected chi connectivity index (χ3v) is 3.70. The lowest BCUT2D eigenvalue weighted by atomic mass is 10.0. The molecule has 0 aliphatic rings. The molecule has 0 bridgehead atoms. The predicted octanol–water partition coefficient (Wildman–Crippen LogP) is 4.72. The quantitative estimate of drug-likeness (QED) is 0.356. The lowest BCUT2D eigenvalue weighted by Gasteiger charge is -2.12. The van der Waals surface area contributed by atoms with E-state index in [1.807, 2.05) is 36.4 Å². The van der Waals surface area contributed by atoms with Gasteiger partial charge in [-0.05, 0) is 45.3 Å². The van der Waals surface area contributed by atoms with Crippen LogP contribution in [0.15, 0.2) is 57.6 Å². The molecule has 7 heteroatoms. The van der Waals surface area contributed by atoms with E-state index < -0.39 is 5.97 Å². The monoisotopic (exact) mass is 437 g/mol. The number of esters is 1. The number of carbonyl (C=O) groups is 1. The standard InChI is InChI=1S/C19H17BrClNO4/c1-24-19(23)18(22-25-2)16-9-4-3-7-14(16)12-26-15-8-5-6-13(10-15)11-17(20)21/h3-11H,12H2,1-2H3. The number of hydrogen-bond donors (Lipinski definition) is 0. The average molecular weight is 439 g/mol. The minimum atomic E-state index is -0.585. The van der Waals surface area contributed by atoms with Crippen LogP contribution in [0.4, 0.5) is 0 Å². The first-order chi connectivity index (χ1) is 12.5. The molecule has 0 atom stereocenters. The van der Waals surface area contributed by atoms with Gasteiger partial charge in [-0.2, -0.15) is 0 Å². The van der Waals surface area contributed by atoms with Crippen molar-refractivity contribution in [3.8, 4) is 5.75 Å². The number of oxime groups is 1. The van der Waals surface area contributed by atoms with Crippen LogP contribution in [0, 0.1) is 0 Å². The summed E-state index contributed by atoms with van der Waals surface area (Å²) in [6.07, 6.45) is 1.77. The van der Waals surface area contributed by atoms with Gasteiger partial charge >= 0.3 is 5.97 Å². The second-order valence-electron chi connectivity index (χ2n) is 5.07. The molecular formula is C19H17BrClNO4. The highest BCUT2D eigenvalue weighted by Gasteiger charge is 2.19. The Bertz CT molecular complexity index is 832. The zero-order valence-electron chi connectivity index (χ0n) is 14.2. The molecule has 0 aliphatic heterocycles. The first-order valence-corrected chi connectivity index (χ1v) is 8.75. The summed E-state index contributed by atoms with van der Waals surface area (Å²) in [5.74, 6) is 0.0839. The van der Waals surface area contributed by atoms with Gasteiger partial charge in [0.25, 0.3) is 0 Å². The van der Waals surface area contributed by atoms with Crippen molar-refractivity contribution in [3.05, 3.63) is 69.2 Å². The van der Waals surface area contributed by atoms with Crippen LogP contribution in [-0.4, -0.2) is 25.9 Å². The largest absolute Gasteiger partial charge is 0.489 e. The molecule has 2 aromatic rings. The van der Waals surface area contributed by atoms with E-state index in [0.29, 0.717) is 15.3 Å². The molecule has 2 rings (SSSR count). The number of carbonyl (C=O) groups excluding carboxylic acids is 1. The minimum Gasteiger partial charge on any atom is -0.489 e. The van der Waals surface area contributed by atoms with Crippen molar-refractivity contribution in [3.63, 3.8) is 0 Å². The van der Waals surface area contributed by atoms with Gasteiger partial charge in [-0.3, -0.25) is 0 Å². The molecule has 0 heterocycles. The molecule has 0 saturated carbocycles. The molecule has 0 N–H and O–H groups in total. The highest BCUT2D eigenvalue weighted by atomic mass is 79.9. The molecule has 0 amide bonds. The van der Waals surface area contributed by atoms with Gasteiger partial charge in [0.05, 0.1) is 11.1 Å². The van der Waals surface area contributed by atoms with Crippen molar-refractivity contribution in [2.24, 2.45) is 5.16 Å². The second kappa shape index (κ2) is 9.99. The summed E-state index contributed by atoms with van der Waals surface area (Å²) in [6.45, 7) is 0.241. The van der Waals surface area contributed by atoms with E-state index in [2.05, 4.69) is 21.1 Å². The lowest BCUT2D eigenvalue weighted by molar-refractivity contribution is -0.132. The lowest BCUT2D eigenvalue weighted by Crippen LogP contribution is -2.19. The first kappa shape index (κ1) is 20.0. The van der Waals surface area contributed by atoms with Gasteiger partial charge in [0.15, 0.2) is 5.71 Å². The van der Waals surface area contributed by atoms with Gasteiger partial charge in [0.1, 0.15) is 19.5 Å².